The van der Waals surface area contributed by atoms with Crippen molar-refractivity contribution in [2.75, 3.05) is 0 Å². The zero-order valence-corrected chi connectivity index (χ0v) is 15.1. The number of carbonyl (C=O) groups excluding carboxylic acids is 1. The first kappa shape index (κ1) is 17.3. The molecule has 3 aromatic rings. The van der Waals surface area contributed by atoms with E-state index in [1.807, 2.05) is 6.07 Å². The number of aryl methyl sites for hydroxylation is 1. The largest absolute Gasteiger partial charge is 0.343 e. The van der Waals surface area contributed by atoms with E-state index in [0.29, 0.717) is 11.1 Å². The maximum absolute atomic E-state index is 12.5. The summed E-state index contributed by atoms with van der Waals surface area (Å²) in [6, 6.07) is 19.4. The van der Waals surface area contributed by atoms with Crippen LogP contribution in [0.4, 0.5) is 0 Å². The first-order valence-corrected chi connectivity index (χ1v) is 9.10. The number of amides is 1. The van der Waals surface area contributed by atoms with Crippen LogP contribution in [0.5, 0.6) is 0 Å². The van der Waals surface area contributed by atoms with Crippen LogP contribution in [0.3, 0.4) is 0 Å². The van der Waals surface area contributed by atoms with Gasteiger partial charge in [0.25, 0.3) is 5.91 Å². The zero-order valence-electron chi connectivity index (χ0n) is 15.1. The second kappa shape index (κ2) is 7.23. The SMILES string of the molecule is CCn1c(C2CC(NC(=O)c3cccc(C#N)c3)NN2)cc2ccccc21. The van der Waals surface area contributed by atoms with Gasteiger partial charge in [-0.05, 0) is 42.6 Å². The van der Waals surface area contributed by atoms with Gasteiger partial charge in [-0.3, -0.25) is 4.79 Å². The molecule has 0 spiro atoms. The second-order valence-corrected chi connectivity index (χ2v) is 6.67. The number of carbonyl (C=O) groups is 1. The summed E-state index contributed by atoms with van der Waals surface area (Å²) in [5, 5.41) is 13.2. The number of hydrazine groups is 1. The molecule has 3 N–H and O–H groups in total. The molecule has 2 heterocycles. The van der Waals surface area contributed by atoms with Gasteiger partial charge in [0.2, 0.25) is 0 Å². The highest BCUT2D eigenvalue weighted by Gasteiger charge is 2.28. The first-order valence-electron chi connectivity index (χ1n) is 9.10. The number of nitriles is 1. The Hall–Kier alpha value is -3.14. The number of nitrogens with one attached hydrogen (secondary N) is 3. The summed E-state index contributed by atoms with van der Waals surface area (Å²) in [6.07, 6.45) is 0.552. The highest BCUT2D eigenvalue weighted by atomic mass is 16.1. The van der Waals surface area contributed by atoms with Crippen molar-refractivity contribution < 1.29 is 4.79 Å². The van der Waals surface area contributed by atoms with Gasteiger partial charge in [0, 0.05) is 29.7 Å². The van der Waals surface area contributed by atoms with Gasteiger partial charge in [-0.1, -0.05) is 24.3 Å². The Balaban J connectivity index is 1.49. The molecule has 4 rings (SSSR count). The van der Waals surface area contributed by atoms with E-state index < -0.39 is 0 Å². The number of nitrogens with zero attached hydrogens (tertiary/aromatic N) is 2. The lowest BCUT2D eigenvalue weighted by Crippen LogP contribution is -2.44. The molecule has 1 amide bonds. The molecule has 6 heteroatoms. The molecule has 0 radical (unpaired) electrons. The maximum atomic E-state index is 12.5. The first-order chi connectivity index (χ1) is 13.2. The van der Waals surface area contributed by atoms with Crippen molar-refractivity contribution in [2.24, 2.45) is 0 Å². The van der Waals surface area contributed by atoms with Gasteiger partial charge in [0.05, 0.1) is 23.8 Å². The van der Waals surface area contributed by atoms with Crippen molar-refractivity contribution in [2.45, 2.75) is 32.1 Å². The maximum Gasteiger partial charge on any atom is 0.252 e. The van der Waals surface area contributed by atoms with Crippen molar-refractivity contribution in [1.29, 1.82) is 5.26 Å². The molecule has 1 aromatic heterocycles. The van der Waals surface area contributed by atoms with Gasteiger partial charge in [-0.15, -0.1) is 0 Å². The summed E-state index contributed by atoms with van der Waals surface area (Å²) < 4.78 is 2.30. The number of hydrogen-bond donors (Lipinski definition) is 3. The highest BCUT2D eigenvalue weighted by Crippen LogP contribution is 2.28. The molecule has 136 valence electrons. The molecule has 2 unspecified atom stereocenters. The average molecular weight is 359 g/mol. The summed E-state index contributed by atoms with van der Waals surface area (Å²) in [4.78, 5) is 12.5. The van der Waals surface area contributed by atoms with Crippen molar-refractivity contribution in [1.82, 2.24) is 20.7 Å². The van der Waals surface area contributed by atoms with Gasteiger partial charge in [0.15, 0.2) is 0 Å². The third kappa shape index (κ3) is 3.31. The fourth-order valence-electron chi connectivity index (χ4n) is 3.69. The molecular weight excluding hydrogens is 338 g/mol. The van der Waals surface area contributed by atoms with Crippen LogP contribution in [-0.2, 0) is 6.54 Å². The Morgan fingerprint density at radius 3 is 2.89 bits per heavy atom. The van der Waals surface area contributed by atoms with E-state index in [2.05, 4.69) is 58.0 Å². The van der Waals surface area contributed by atoms with E-state index in [4.69, 9.17) is 5.26 Å². The molecular formula is C21H21N5O. The lowest BCUT2D eigenvalue weighted by molar-refractivity contribution is 0.0932. The number of benzene rings is 2. The second-order valence-electron chi connectivity index (χ2n) is 6.67. The van der Waals surface area contributed by atoms with Crippen LogP contribution in [0.25, 0.3) is 10.9 Å². The smallest absolute Gasteiger partial charge is 0.252 e. The van der Waals surface area contributed by atoms with Crippen LogP contribution in [0.1, 0.15) is 41.0 Å². The van der Waals surface area contributed by atoms with Crippen LogP contribution < -0.4 is 16.2 Å². The zero-order chi connectivity index (χ0) is 18.8. The molecule has 6 nitrogen and oxygen atoms in total. The lowest BCUT2D eigenvalue weighted by atomic mass is 10.1. The number of para-hydroxylation sites is 1. The summed E-state index contributed by atoms with van der Waals surface area (Å²) in [5.41, 5.74) is 9.86. The van der Waals surface area contributed by atoms with Gasteiger partial charge in [-0.2, -0.15) is 5.26 Å². The Labute approximate surface area is 157 Å². The molecule has 1 aliphatic heterocycles. The summed E-state index contributed by atoms with van der Waals surface area (Å²) >= 11 is 0. The lowest BCUT2D eigenvalue weighted by Gasteiger charge is -2.14. The topological polar surface area (TPSA) is 81.9 Å². The summed E-state index contributed by atoms with van der Waals surface area (Å²) in [5.74, 6) is -0.192. The van der Waals surface area contributed by atoms with Crippen LogP contribution in [0.15, 0.2) is 54.6 Å². The van der Waals surface area contributed by atoms with Crippen LogP contribution in [0.2, 0.25) is 0 Å². The predicted molar refractivity (Wildman–Crippen MR) is 104 cm³/mol. The van der Waals surface area contributed by atoms with Crippen molar-refractivity contribution in [3.8, 4) is 6.07 Å². The molecule has 1 fully saturated rings. The van der Waals surface area contributed by atoms with E-state index in [1.165, 1.54) is 16.6 Å². The monoisotopic (exact) mass is 359 g/mol. The fourth-order valence-corrected chi connectivity index (χ4v) is 3.69. The van der Waals surface area contributed by atoms with E-state index in [-0.39, 0.29) is 18.1 Å². The molecule has 1 aliphatic rings. The average Bonchev–Trinajstić information content (AvgIpc) is 3.31. The molecule has 1 saturated heterocycles. The van der Waals surface area contributed by atoms with Gasteiger partial charge in [0.1, 0.15) is 0 Å². The standard InChI is InChI=1S/C21H21N5O/c1-2-26-18-9-4-3-7-15(18)11-19(26)17-12-20(25-24-17)23-21(27)16-8-5-6-14(10-16)13-22/h3-11,17,20,24-25H,2,12H2,1H3,(H,23,27). The third-order valence-corrected chi connectivity index (χ3v) is 4.98. The Morgan fingerprint density at radius 2 is 2.07 bits per heavy atom. The number of hydrogen-bond acceptors (Lipinski definition) is 4. The normalized spacial score (nSPS) is 19.1. The van der Waals surface area contributed by atoms with Crippen molar-refractivity contribution in [3.05, 3.63) is 71.4 Å². The fraction of sp³-hybridized carbons (Fsp3) is 0.238. The van der Waals surface area contributed by atoms with Crippen LogP contribution in [0, 0.1) is 11.3 Å². The minimum atomic E-state index is -0.192. The van der Waals surface area contributed by atoms with Gasteiger partial charge < -0.3 is 9.88 Å². The number of aromatic nitrogens is 1. The molecule has 2 aromatic carbocycles. The van der Waals surface area contributed by atoms with E-state index in [1.54, 1.807) is 24.3 Å². The quantitative estimate of drug-likeness (QED) is 0.669. The van der Waals surface area contributed by atoms with Gasteiger partial charge >= 0.3 is 0 Å². The molecule has 2 atom stereocenters. The molecule has 0 bridgehead atoms. The Bertz CT molecular complexity index is 1030. The number of rotatable bonds is 4. The van der Waals surface area contributed by atoms with Crippen molar-refractivity contribution in [3.63, 3.8) is 0 Å². The Kier molecular flexibility index (Phi) is 4.63. The highest BCUT2D eigenvalue weighted by molar-refractivity contribution is 5.94. The molecule has 0 saturated carbocycles. The van der Waals surface area contributed by atoms with Crippen molar-refractivity contribution >= 4 is 16.8 Å². The minimum absolute atomic E-state index is 0.105. The summed E-state index contributed by atoms with van der Waals surface area (Å²) in [7, 11) is 0. The minimum Gasteiger partial charge on any atom is -0.343 e. The van der Waals surface area contributed by atoms with E-state index in [0.717, 1.165) is 13.0 Å². The van der Waals surface area contributed by atoms with E-state index >= 15 is 0 Å². The summed E-state index contributed by atoms with van der Waals surface area (Å²) in [6.45, 7) is 3.03. The van der Waals surface area contributed by atoms with Crippen LogP contribution in [-0.4, -0.2) is 16.6 Å². The Morgan fingerprint density at radius 1 is 1.22 bits per heavy atom. The molecule has 0 aliphatic carbocycles. The van der Waals surface area contributed by atoms with Gasteiger partial charge in [-0.25, -0.2) is 10.9 Å². The molecule has 27 heavy (non-hydrogen) atoms. The van der Waals surface area contributed by atoms with Crippen LogP contribution >= 0.6 is 0 Å². The predicted octanol–water partition coefficient (Wildman–Crippen LogP) is 2.83. The van der Waals surface area contributed by atoms with E-state index in [9.17, 15) is 4.79 Å². The third-order valence-electron chi connectivity index (χ3n) is 4.98. The number of fused-ring (bicyclic) bond motifs is 1.